The molecule has 4 heteroatoms. The van der Waals surface area contributed by atoms with Gasteiger partial charge in [-0.05, 0) is 6.42 Å². The van der Waals surface area contributed by atoms with Gasteiger partial charge in [0.1, 0.15) is 0 Å². The fourth-order valence-corrected chi connectivity index (χ4v) is 2.51. The lowest BCUT2D eigenvalue weighted by Crippen LogP contribution is -2.50. The Bertz CT molecular complexity index is 246. The Kier molecular flexibility index (Phi) is 8.84. The Balaban J connectivity index is 2.09. The highest BCUT2D eigenvalue weighted by atomic mass is 16.5. The van der Waals surface area contributed by atoms with Crippen LogP contribution in [0.15, 0.2) is 0 Å². The molecule has 19 heavy (non-hydrogen) atoms. The molecule has 0 aromatic rings. The van der Waals surface area contributed by atoms with E-state index < -0.39 is 0 Å². The Morgan fingerprint density at radius 3 is 2.58 bits per heavy atom. The largest absolute Gasteiger partial charge is 0.394 e. The van der Waals surface area contributed by atoms with Crippen LogP contribution in [-0.4, -0.2) is 48.3 Å². The standard InChI is InChI=1S/C15H29NO3/c1-2-3-4-5-6-7-8-9-15(18)16-10-11-19-13-14(16)12-17/h14,17H,2-13H2,1H3. The molecule has 1 saturated heterocycles. The number of morpholine rings is 1. The molecule has 0 aromatic carbocycles. The van der Waals surface area contributed by atoms with E-state index in [4.69, 9.17) is 4.74 Å². The van der Waals surface area contributed by atoms with E-state index in [0.717, 1.165) is 12.8 Å². The first-order valence-corrected chi connectivity index (χ1v) is 7.77. The predicted molar refractivity (Wildman–Crippen MR) is 76.0 cm³/mol. The van der Waals surface area contributed by atoms with Crippen LogP contribution in [0, 0.1) is 0 Å². The van der Waals surface area contributed by atoms with Crippen molar-refractivity contribution >= 4 is 5.91 Å². The van der Waals surface area contributed by atoms with Gasteiger partial charge in [0, 0.05) is 13.0 Å². The highest BCUT2D eigenvalue weighted by molar-refractivity contribution is 5.76. The number of aliphatic hydroxyl groups is 1. The lowest BCUT2D eigenvalue weighted by Gasteiger charge is -2.34. The van der Waals surface area contributed by atoms with E-state index in [-0.39, 0.29) is 18.6 Å². The van der Waals surface area contributed by atoms with E-state index >= 15 is 0 Å². The molecule has 1 unspecified atom stereocenters. The first-order chi connectivity index (χ1) is 9.29. The molecule has 0 bridgehead atoms. The topological polar surface area (TPSA) is 49.8 Å². The van der Waals surface area contributed by atoms with Crippen molar-refractivity contribution in [2.75, 3.05) is 26.4 Å². The molecular formula is C15H29NO3. The summed E-state index contributed by atoms with van der Waals surface area (Å²) in [5, 5.41) is 9.23. The maximum absolute atomic E-state index is 12.1. The Morgan fingerprint density at radius 2 is 1.89 bits per heavy atom. The van der Waals surface area contributed by atoms with Gasteiger partial charge in [0.2, 0.25) is 5.91 Å². The number of carbonyl (C=O) groups is 1. The van der Waals surface area contributed by atoms with Gasteiger partial charge < -0.3 is 14.7 Å². The number of hydrogen-bond donors (Lipinski definition) is 1. The number of amides is 1. The minimum Gasteiger partial charge on any atom is -0.394 e. The van der Waals surface area contributed by atoms with Crippen molar-refractivity contribution in [1.82, 2.24) is 4.90 Å². The van der Waals surface area contributed by atoms with Gasteiger partial charge in [-0.15, -0.1) is 0 Å². The van der Waals surface area contributed by atoms with Gasteiger partial charge in [-0.3, -0.25) is 4.79 Å². The summed E-state index contributed by atoms with van der Waals surface area (Å²) in [4.78, 5) is 13.9. The van der Waals surface area contributed by atoms with Crippen LogP contribution < -0.4 is 0 Å². The zero-order chi connectivity index (χ0) is 13.9. The molecule has 0 aromatic heterocycles. The van der Waals surface area contributed by atoms with Crippen LogP contribution >= 0.6 is 0 Å². The monoisotopic (exact) mass is 271 g/mol. The van der Waals surface area contributed by atoms with Gasteiger partial charge in [-0.1, -0.05) is 45.4 Å². The smallest absolute Gasteiger partial charge is 0.223 e. The van der Waals surface area contributed by atoms with Crippen LogP contribution in [0.25, 0.3) is 0 Å². The Morgan fingerprint density at radius 1 is 1.21 bits per heavy atom. The first kappa shape index (κ1) is 16.4. The SMILES string of the molecule is CCCCCCCCCC(=O)N1CCOCC1CO. The van der Waals surface area contributed by atoms with E-state index in [2.05, 4.69) is 6.92 Å². The summed E-state index contributed by atoms with van der Waals surface area (Å²) in [5.74, 6) is 0.177. The lowest BCUT2D eigenvalue weighted by molar-refractivity contribution is -0.141. The predicted octanol–water partition coefficient (Wildman–Crippen LogP) is 2.35. The highest BCUT2D eigenvalue weighted by Gasteiger charge is 2.25. The van der Waals surface area contributed by atoms with Gasteiger partial charge in [0.05, 0.1) is 25.9 Å². The maximum Gasteiger partial charge on any atom is 0.223 e. The third kappa shape index (κ3) is 6.39. The third-order valence-electron chi connectivity index (χ3n) is 3.75. The third-order valence-corrected chi connectivity index (χ3v) is 3.75. The number of aliphatic hydroxyl groups excluding tert-OH is 1. The van der Waals surface area contributed by atoms with Crippen LogP contribution in [0.2, 0.25) is 0 Å². The summed E-state index contributed by atoms with van der Waals surface area (Å²) in [6.45, 7) is 3.92. The van der Waals surface area contributed by atoms with Gasteiger partial charge in [0.25, 0.3) is 0 Å². The van der Waals surface area contributed by atoms with Crippen molar-refractivity contribution in [3.63, 3.8) is 0 Å². The molecule has 1 aliphatic rings. The molecule has 0 spiro atoms. The number of carbonyl (C=O) groups excluding carboxylic acids is 1. The Labute approximate surface area is 117 Å². The number of hydrogen-bond acceptors (Lipinski definition) is 3. The number of ether oxygens (including phenoxy) is 1. The van der Waals surface area contributed by atoms with E-state index in [0.29, 0.717) is 26.2 Å². The van der Waals surface area contributed by atoms with Crippen LogP contribution in [-0.2, 0) is 9.53 Å². The second kappa shape index (κ2) is 10.2. The van der Waals surface area contributed by atoms with Crippen molar-refractivity contribution in [3.05, 3.63) is 0 Å². The average Bonchev–Trinajstić information content (AvgIpc) is 2.46. The van der Waals surface area contributed by atoms with Crippen molar-refractivity contribution < 1.29 is 14.6 Å². The van der Waals surface area contributed by atoms with E-state index in [1.54, 1.807) is 4.90 Å². The molecule has 1 rings (SSSR count). The van der Waals surface area contributed by atoms with E-state index in [1.807, 2.05) is 0 Å². The quantitative estimate of drug-likeness (QED) is 0.655. The fraction of sp³-hybridized carbons (Fsp3) is 0.933. The summed E-state index contributed by atoms with van der Waals surface area (Å²) in [7, 11) is 0. The van der Waals surface area contributed by atoms with Crippen LogP contribution in [0.1, 0.15) is 58.3 Å². The lowest BCUT2D eigenvalue weighted by atomic mass is 10.1. The summed E-state index contributed by atoms with van der Waals surface area (Å²) >= 11 is 0. The van der Waals surface area contributed by atoms with Crippen molar-refractivity contribution in [3.8, 4) is 0 Å². The highest BCUT2D eigenvalue weighted by Crippen LogP contribution is 2.12. The minimum absolute atomic E-state index is 0.00274. The summed E-state index contributed by atoms with van der Waals surface area (Å²) in [6, 6.07) is -0.134. The van der Waals surface area contributed by atoms with E-state index in [1.165, 1.54) is 32.1 Å². The molecule has 1 N–H and O–H groups in total. The second-order valence-electron chi connectivity index (χ2n) is 5.37. The number of unbranched alkanes of at least 4 members (excludes halogenated alkanes) is 6. The molecule has 4 nitrogen and oxygen atoms in total. The molecule has 1 amide bonds. The van der Waals surface area contributed by atoms with Crippen LogP contribution in [0.4, 0.5) is 0 Å². The molecular weight excluding hydrogens is 242 g/mol. The second-order valence-corrected chi connectivity index (χ2v) is 5.37. The minimum atomic E-state index is -0.134. The molecule has 1 atom stereocenters. The summed E-state index contributed by atoms with van der Waals surface area (Å²) < 4.78 is 5.28. The molecule has 1 fully saturated rings. The summed E-state index contributed by atoms with van der Waals surface area (Å²) in [5.41, 5.74) is 0. The molecule has 1 heterocycles. The Hall–Kier alpha value is -0.610. The molecule has 0 aliphatic carbocycles. The summed E-state index contributed by atoms with van der Waals surface area (Å²) in [6.07, 6.45) is 9.18. The van der Waals surface area contributed by atoms with Crippen molar-refractivity contribution in [1.29, 1.82) is 0 Å². The number of nitrogens with zero attached hydrogens (tertiary/aromatic N) is 1. The van der Waals surface area contributed by atoms with Gasteiger partial charge in [-0.2, -0.15) is 0 Å². The van der Waals surface area contributed by atoms with Crippen LogP contribution in [0.5, 0.6) is 0 Å². The fourth-order valence-electron chi connectivity index (χ4n) is 2.51. The zero-order valence-electron chi connectivity index (χ0n) is 12.3. The molecule has 0 radical (unpaired) electrons. The van der Waals surface area contributed by atoms with Gasteiger partial charge in [-0.25, -0.2) is 0 Å². The van der Waals surface area contributed by atoms with Crippen molar-refractivity contribution in [2.24, 2.45) is 0 Å². The molecule has 0 saturated carbocycles. The van der Waals surface area contributed by atoms with Crippen molar-refractivity contribution in [2.45, 2.75) is 64.3 Å². The average molecular weight is 271 g/mol. The van der Waals surface area contributed by atoms with Gasteiger partial charge >= 0.3 is 0 Å². The van der Waals surface area contributed by atoms with E-state index in [9.17, 15) is 9.90 Å². The number of rotatable bonds is 9. The zero-order valence-corrected chi connectivity index (χ0v) is 12.3. The molecule has 112 valence electrons. The van der Waals surface area contributed by atoms with Gasteiger partial charge in [0.15, 0.2) is 0 Å². The maximum atomic E-state index is 12.1. The molecule has 1 aliphatic heterocycles. The van der Waals surface area contributed by atoms with Crippen LogP contribution in [0.3, 0.4) is 0 Å². The normalized spacial score (nSPS) is 19.7. The first-order valence-electron chi connectivity index (χ1n) is 7.77.